The molecule has 0 saturated heterocycles. The Morgan fingerprint density at radius 3 is 3.00 bits per heavy atom. The number of benzene rings is 1. The standard InChI is InChI=1S/C12H13N3O3/c1-17-11-3-2-8(13)6-10(11)12(16)14-7-9-4-5-15-18-9/h2-6H,7,13H2,1H3,(H,14,16). The van der Waals surface area contributed by atoms with Crippen LogP contribution in [0.3, 0.4) is 0 Å². The van der Waals surface area contributed by atoms with Gasteiger partial charge < -0.3 is 20.3 Å². The Hall–Kier alpha value is -2.50. The number of anilines is 1. The van der Waals surface area contributed by atoms with Crippen molar-refractivity contribution in [2.45, 2.75) is 6.54 Å². The van der Waals surface area contributed by atoms with Crippen LogP contribution >= 0.6 is 0 Å². The van der Waals surface area contributed by atoms with E-state index in [0.29, 0.717) is 22.8 Å². The van der Waals surface area contributed by atoms with Crippen LogP contribution in [0.4, 0.5) is 5.69 Å². The Balaban J connectivity index is 2.10. The van der Waals surface area contributed by atoms with E-state index < -0.39 is 0 Å². The molecule has 3 N–H and O–H groups in total. The molecule has 1 amide bonds. The minimum Gasteiger partial charge on any atom is -0.496 e. The first-order valence-electron chi connectivity index (χ1n) is 5.32. The summed E-state index contributed by atoms with van der Waals surface area (Å²) >= 11 is 0. The molecular formula is C12H13N3O3. The zero-order valence-corrected chi connectivity index (χ0v) is 9.84. The van der Waals surface area contributed by atoms with Crippen LogP contribution in [0.15, 0.2) is 35.0 Å². The number of nitrogen functional groups attached to an aromatic ring is 1. The molecule has 0 aliphatic carbocycles. The summed E-state index contributed by atoms with van der Waals surface area (Å²) in [6, 6.07) is 6.57. The average Bonchev–Trinajstić information content (AvgIpc) is 2.89. The maximum atomic E-state index is 12.0. The Bertz CT molecular complexity index is 538. The predicted molar refractivity (Wildman–Crippen MR) is 65.1 cm³/mol. The molecule has 0 radical (unpaired) electrons. The second-order valence-corrected chi connectivity index (χ2v) is 3.62. The highest BCUT2D eigenvalue weighted by molar-refractivity contribution is 5.97. The molecule has 18 heavy (non-hydrogen) atoms. The summed E-state index contributed by atoms with van der Waals surface area (Å²) in [4.78, 5) is 12.0. The Morgan fingerprint density at radius 1 is 1.50 bits per heavy atom. The fourth-order valence-electron chi connectivity index (χ4n) is 1.50. The normalized spacial score (nSPS) is 10.1. The van der Waals surface area contributed by atoms with E-state index >= 15 is 0 Å². The number of hydrogen-bond donors (Lipinski definition) is 2. The summed E-state index contributed by atoms with van der Waals surface area (Å²) in [5.41, 5.74) is 6.53. The number of nitrogens with one attached hydrogen (secondary N) is 1. The first kappa shape index (κ1) is 12.0. The van der Waals surface area contributed by atoms with Gasteiger partial charge >= 0.3 is 0 Å². The van der Waals surface area contributed by atoms with E-state index in [2.05, 4.69) is 10.5 Å². The first-order valence-corrected chi connectivity index (χ1v) is 5.32. The van der Waals surface area contributed by atoms with Crippen LogP contribution < -0.4 is 15.8 Å². The van der Waals surface area contributed by atoms with Crippen molar-refractivity contribution in [1.29, 1.82) is 0 Å². The second kappa shape index (κ2) is 5.22. The number of nitrogens with zero attached hydrogens (tertiary/aromatic N) is 1. The van der Waals surface area contributed by atoms with Crippen molar-refractivity contribution in [3.05, 3.63) is 41.8 Å². The van der Waals surface area contributed by atoms with Crippen LogP contribution in [-0.2, 0) is 6.54 Å². The van der Waals surface area contributed by atoms with Gasteiger partial charge in [-0.2, -0.15) is 0 Å². The van der Waals surface area contributed by atoms with Crippen LogP contribution in [0.25, 0.3) is 0 Å². The van der Waals surface area contributed by atoms with Gasteiger partial charge in [-0.3, -0.25) is 4.79 Å². The van der Waals surface area contributed by atoms with E-state index in [0.717, 1.165) is 0 Å². The van der Waals surface area contributed by atoms with Gasteiger partial charge in [-0.25, -0.2) is 0 Å². The van der Waals surface area contributed by atoms with Gasteiger partial charge in [0, 0.05) is 11.8 Å². The maximum Gasteiger partial charge on any atom is 0.255 e. The van der Waals surface area contributed by atoms with Gasteiger partial charge in [-0.15, -0.1) is 0 Å². The lowest BCUT2D eigenvalue weighted by molar-refractivity contribution is 0.0944. The van der Waals surface area contributed by atoms with Crippen molar-refractivity contribution in [2.75, 3.05) is 12.8 Å². The Kier molecular flexibility index (Phi) is 3.47. The van der Waals surface area contributed by atoms with Crippen LogP contribution in [0, 0.1) is 0 Å². The molecule has 6 nitrogen and oxygen atoms in total. The second-order valence-electron chi connectivity index (χ2n) is 3.62. The zero-order chi connectivity index (χ0) is 13.0. The smallest absolute Gasteiger partial charge is 0.255 e. The van der Waals surface area contributed by atoms with Gasteiger partial charge in [0.15, 0.2) is 5.76 Å². The van der Waals surface area contributed by atoms with Gasteiger partial charge in [0.1, 0.15) is 5.75 Å². The summed E-state index contributed by atoms with van der Waals surface area (Å²) in [6.07, 6.45) is 1.52. The van der Waals surface area contributed by atoms with E-state index in [9.17, 15) is 4.79 Å². The fraction of sp³-hybridized carbons (Fsp3) is 0.167. The number of rotatable bonds is 4. The summed E-state index contributed by atoms with van der Waals surface area (Å²) in [5, 5.41) is 6.24. The monoisotopic (exact) mass is 247 g/mol. The van der Waals surface area contributed by atoms with E-state index in [-0.39, 0.29) is 12.5 Å². The largest absolute Gasteiger partial charge is 0.496 e. The van der Waals surface area contributed by atoms with Crippen LogP contribution in [0.1, 0.15) is 16.1 Å². The quantitative estimate of drug-likeness (QED) is 0.792. The van der Waals surface area contributed by atoms with Gasteiger partial charge in [-0.1, -0.05) is 5.16 Å². The average molecular weight is 247 g/mol. The fourth-order valence-corrected chi connectivity index (χ4v) is 1.50. The molecule has 2 aromatic rings. The van der Waals surface area contributed by atoms with Crippen molar-refractivity contribution in [3.63, 3.8) is 0 Å². The molecule has 0 fully saturated rings. The predicted octanol–water partition coefficient (Wildman–Crippen LogP) is 1.20. The number of carbonyl (C=O) groups is 1. The molecule has 0 aliphatic heterocycles. The molecule has 0 atom stereocenters. The number of hydrogen-bond acceptors (Lipinski definition) is 5. The van der Waals surface area contributed by atoms with Crippen LogP contribution in [0.5, 0.6) is 5.75 Å². The highest BCUT2D eigenvalue weighted by atomic mass is 16.5. The highest BCUT2D eigenvalue weighted by Gasteiger charge is 2.12. The molecule has 6 heteroatoms. The lowest BCUT2D eigenvalue weighted by Gasteiger charge is -2.09. The molecule has 94 valence electrons. The topological polar surface area (TPSA) is 90.4 Å². The van der Waals surface area contributed by atoms with Gasteiger partial charge in [-0.05, 0) is 18.2 Å². The Morgan fingerprint density at radius 2 is 2.33 bits per heavy atom. The third-order valence-electron chi connectivity index (χ3n) is 2.38. The minimum atomic E-state index is -0.282. The SMILES string of the molecule is COc1ccc(N)cc1C(=O)NCc1ccno1. The number of nitrogens with two attached hydrogens (primary N) is 1. The molecule has 1 aromatic heterocycles. The van der Waals surface area contributed by atoms with E-state index in [1.807, 2.05) is 0 Å². The number of methoxy groups -OCH3 is 1. The van der Waals surface area contributed by atoms with Crippen LogP contribution in [-0.4, -0.2) is 18.2 Å². The van der Waals surface area contributed by atoms with E-state index in [1.165, 1.54) is 13.3 Å². The molecule has 0 saturated carbocycles. The molecular weight excluding hydrogens is 234 g/mol. The molecule has 1 aromatic carbocycles. The summed E-state index contributed by atoms with van der Waals surface area (Å²) in [5.74, 6) is 0.765. The van der Waals surface area contributed by atoms with Crippen molar-refractivity contribution in [2.24, 2.45) is 0 Å². The van der Waals surface area contributed by atoms with E-state index in [1.54, 1.807) is 24.3 Å². The first-order chi connectivity index (χ1) is 8.70. The van der Waals surface area contributed by atoms with Crippen molar-refractivity contribution in [1.82, 2.24) is 10.5 Å². The molecule has 0 spiro atoms. The Labute approximate surface area is 104 Å². The molecule has 0 bridgehead atoms. The van der Waals surface area contributed by atoms with Gasteiger partial charge in [0.2, 0.25) is 0 Å². The van der Waals surface area contributed by atoms with Crippen molar-refractivity contribution >= 4 is 11.6 Å². The maximum absolute atomic E-state index is 12.0. The molecule has 2 rings (SSSR count). The molecule has 0 aliphatic rings. The zero-order valence-electron chi connectivity index (χ0n) is 9.84. The lowest BCUT2D eigenvalue weighted by atomic mass is 10.1. The highest BCUT2D eigenvalue weighted by Crippen LogP contribution is 2.20. The number of amides is 1. The van der Waals surface area contributed by atoms with Gasteiger partial charge in [0.05, 0.1) is 25.4 Å². The van der Waals surface area contributed by atoms with Crippen molar-refractivity contribution in [3.8, 4) is 5.75 Å². The van der Waals surface area contributed by atoms with Crippen LogP contribution in [0.2, 0.25) is 0 Å². The minimum absolute atomic E-state index is 0.261. The summed E-state index contributed by atoms with van der Waals surface area (Å²) in [7, 11) is 1.50. The third kappa shape index (κ3) is 2.60. The molecule has 1 heterocycles. The third-order valence-corrected chi connectivity index (χ3v) is 2.38. The summed E-state index contributed by atoms with van der Waals surface area (Å²) in [6.45, 7) is 0.261. The number of carbonyl (C=O) groups excluding carboxylic acids is 1. The van der Waals surface area contributed by atoms with Crippen molar-refractivity contribution < 1.29 is 14.1 Å². The number of ether oxygens (including phenoxy) is 1. The summed E-state index contributed by atoms with van der Waals surface area (Å²) < 4.78 is 9.99. The number of aromatic nitrogens is 1. The van der Waals surface area contributed by atoms with E-state index in [4.69, 9.17) is 15.0 Å². The lowest BCUT2D eigenvalue weighted by Crippen LogP contribution is -2.23. The molecule has 0 unspecified atom stereocenters. The van der Waals surface area contributed by atoms with Gasteiger partial charge in [0.25, 0.3) is 5.91 Å².